The van der Waals surface area contributed by atoms with Gasteiger partial charge >= 0.3 is 5.63 Å². The van der Waals surface area contributed by atoms with Crippen LogP contribution in [0.25, 0.3) is 10.8 Å². The molecule has 0 aliphatic heterocycles. The Hall–Kier alpha value is -2.22. The van der Waals surface area contributed by atoms with Crippen molar-refractivity contribution in [2.75, 3.05) is 14.2 Å². The Morgan fingerprint density at radius 1 is 1.29 bits per heavy atom. The van der Waals surface area contributed by atoms with Crippen molar-refractivity contribution in [2.24, 2.45) is 0 Å². The van der Waals surface area contributed by atoms with Gasteiger partial charge in [-0.3, -0.25) is 0 Å². The summed E-state index contributed by atoms with van der Waals surface area (Å²) in [6.07, 6.45) is -1.47. The second-order valence-electron chi connectivity index (χ2n) is 5.55. The molecule has 0 fully saturated rings. The summed E-state index contributed by atoms with van der Waals surface area (Å²) in [6, 6.07) is 2.70. The normalized spacial score (nSPS) is 23.3. The number of ether oxygens (including phenoxy) is 2. The summed E-state index contributed by atoms with van der Waals surface area (Å²) in [5, 5.41) is 31.3. The molecule has 24 heavy (non-hydrogen) atoms. The van der Waals surface area contributed by atoms with E-state index in [1.54, 1.807) is 0 Å². The van der Waals surface area contributed by atoms with Crippen LogP contribution in [-0.2, 0) is 10.3 Å². The molecule has 1 heterocycles. The van der Waals surface area contributed by atoms with Crippen LogP contribution in [0, 0.1) is 0 Å². The summed E-state index contributed by atoms with van der Waals surface area (Å²) < 4.78 is 15.3. The molecule has 1 aromatic heterocycles. The first kappa shape index (κ1) is 16.6. The fourth-order valence-electron chi connectivity index (χ4n) is 2.95. The standard InChI is InChI=1S/C16H15ClO7/c1-16(21)10-7-4-6(22-2)5-8(18)9(7)15(20)24-12(10)11(19)13(23-3)14(16)17/h4-5,11,18-19,21H,1-3H3. The number of aliphatic hydroxyl groups is 2. The van der Waals surface area contributed by atoms with E-state index in [4.69, 9.17) is 25.5 Å². The summed E-state index contributed by atoms with van der Waals surface area (Å²) in [5.74, 6) is -0.435. The predicted molar refractivity (Wildman–Crippen MR) is 85.1 cm³/mol. The molecule has 7 nitrogen and oxygen atoms in total. The molecule has 0 saturated heterocycles. The second-order valence-corrected chi connectivity index (χ2v) is 5.93. The molecular formula is C16H15ClO7. The average molecular weight is 355 g/mol. The van der Waals surface area contributed by atoms with Gasteiger partial charge in [0.2, 0.25) is 0 Å². The highest BCUT2D eigenvalue weighted by Gasteiger charge is 2.45. The average Bonchev–Trinajstić information content (AvgIpc) is 2.52. The number of aromatic hydroxyl groups is 1. The lowest BCUT2D eigenvalue weighted by molar-refractivity contribution is 0.0481. The van der Waals surface area contributed by atoms with Crippen LogP contribution in [0.5, 0.6) is 11.5 Å². The third-order valence-corrected chi connectivity index (χ3v) is 4.65. The zero-order chi connectivity index (χ0) is 17.8. The fraction of sp³-hybridized carbons (Fsp3) is 0.312. The largest absolute Gasteiger partial charge is 0.507 e. The first-order valence-corrected chi connectivity index (χ1v) is 7.34. The van der Waals surface area contributed by atoms with E-state index in [1.165, 1.54) is 33.3 Å². The zero-order valence-electron chi connectivity index (χ0n) is 13.1. The number of fused-ring (bicyclic) bond motifs is 3. The monoisotopic (exact) mass is 354 g/mol. The van der Waals surface area contributed by atoms with E-state index in [1.807, 2.05) is 0 Å². The molecule has 3 rings (SSSR count). The predicted octanol–water partition coefficient (Wildman–Crippen LogP) is 1.86. The SMILES string of the molecule is COC1=C(Cl)C(C)(O)c2c(oc(=O)c3c(O)cc(OC)cc23)C1O. The Kier molecular flexibility index (Phi) is 3.75. The van der Waals surface area contributed by atoms with Crippen LogP contribution in [0.1, 0.15) is 24.4 Å². The van der Waals surface area contributed by atoms with Gasteiger partial charge in [0.05, 0.1) is 19.3 Å². The van der Waals surface area contributed by atoms with E-state index >= 15 is 0 Å². The number of benzene rings is 1. The Bertz CT molecular complexity index is 926. The van der Waals surface area contributed by atoms with Gasteiger partial charge in [-0.05, 0) is 13.0 Å². The maximum Gasteiger partial charge on any atom is 0.347 e. The first-order valence-electron chi connectivity index (χ1n) is 6.96. The van der Waals surface area contributed by atoms with Crippen molar-refractivity contribution in [1.29, 1.82) is 0 Å². The topological polar surface area (TPSA) is 109 Å². The van der Waals surface area contributed by atoms with Crippen LogP contribution in [-0.4, -0.2) is 29.5 Å². The van der Waals surface area contributed by atoms with Gasteiger partial charge < -0.3 is 29.2 Å². The van der Waals surface area contributed by atoms with E-state index in [2.05, 4.69) is 0 Å². The molecule has 0 amide bonds. The van der Waals surface area contributed by atoms with E-state index in [9.17, 15) is 20.1 Å². The molecule has 1 aliphatic rings. The third-order valence-electron chi connectivity index (χ3n) is 4.10. The van der Waals surface area contributed by atoms with Crippen LogP contribution < -0.4 is 10.4 Å². The minimum atomic E-state index is -1.81. The molecule has 2 atom stereocenters. The van der Waals surface area contributed by atoms with Crippen molar-refractivity contribution in [3.05, 3.63) is 44.7 Å². The lowest BCUT2D eigenvalue weighted by Crippen LogP contribution is -2.32. The Balaban J connectivity index is 2.52. The number of rotatable bonds is 2. The van der Waals surface area contributed by atoms with Crippen LogP contribution >= 0.6 is 11.6 Å². The molecule has 128 valence electrons. The molecule has 1 aromatic carbocycles. The fourth-order valence-corrected chi connectivity index (χ4v) is 3.22. The van der Waals surface area contributed by atoms with Crippen molar-refractivity contribution in [3.63, 3.8) is 0 Å². The molecule has 8 heteroatoms. The molecule has 0 saturated carbocycles. The molecular weight excluding hydrogens is 340 g/mol. The summed E-state index contributed by atoms with van der Waals surface area (Å²) in [5.41, 5.74) is -2.62. The van der Waals surface area contributed by atoms with Crippen LogP contribution in [0.15, 0.2) is 32.1 Å². The molecule has 2 aromatic rings. The quantitative estimate of drug-likeness (QED) is 0.755. The van der Waals surface area contributed by atoms with E-state index in [-0.39, 0.29) is 44.4 Å². The van der Waals surface area contributed by atoms with Crippen LogP contribution in [0.2, 0.25) is 0 Å². The maximum atomic E-state index is 12.3. The lowest BCUT2D eigenvalue weighted by Gasteiger charge is -2.34. The van der Waals surface area contributed by atoms with Gasteiger partial charge in [-0.15, -0.1) is 0 Å². The summed E-state index contributed by atoms with van der Waals surface area (Å²) in [4.78, 5) is 12.3. The minimum absolute atomic E-state index is 0.0598. The third kappa shape index (κ3) is 2.09. The number of halogens is 1. The van der Waals surface area contributed by atoms with Crippen molar-refractivity contribution in [3.8, 4) is 11.5 Å². The molecule has 2 unspecified atom stereocenters. The number of methoxy groups -OCH3 is 2. The summed E-state index contributed by atoms with van der Waals surface area (Å²) in [7, 11) is 2.66. The number of hydrogen-bond donors (Lipinski definition) is 3. The van der Waals surface area contributed by atoms with Gasteiger partial charge in [-0.2, -0.15) is 0 Å². The maximum absolute atomic E-state index is 12.3. The summed E-state index contributed by atoms with van der Waals surface area (Å²) in [6.45, 7) is 1.37. The van der Waals surface area contributed by atoms with Gasteiger partial charge in [0.15, 0.2) is 11.9 Å². The highest BCUT2D eigenvalue weighted by molar-refractivity contribution is 6.31. The van der Waals surface area contributed by atoms with Gasteiger partial charge in [-0.25, -0.2) is 4.79 Å². The molecule has 0 bridgehead atoms. The Morgan fingerprint density at radius 3 is 2.54 bits per heavy atom. The Morgan fingerprint density at radius 2 is 1.96 bits per heavy atom. The highest BCUT2D eigenvalue weighted by Crippen LogP contribution is 2.49. The molecule has 0 spiro atoms. The smallest absolute Gasteiger partial charge is 0.347 e. The van der Waals surface area contributed by atoms with E-state index in [0.29, 0.717) is 0 Å². The van der Waals surface area contributed by atoms with Crippen LogP contribution in [0.4, 0.5) is 0 Å². The van der Waals surface area contributed by atoms with Crippen molar-refractivity contribution >= 4 is 22.4 Å². The van der Waals surface area contributed by atoms with Gasteiger partial charge in [0.1, 0.15) is 28.2 Å². The minimum Gasteiger partial charge on any atom is -0.507 e. The summed E-state index contributed by atoms with van der Waals surface area (Å²) >= 11 is 6.18. The molecule has 1 aliphatic carbocycles. The number of aliphatic hydroxyl groups excluding tert-OH is 1. The highest BCUT2D eigenvalue weighted by atomic mass is 35.5. The van der Waals surface area contributed by atoms with Crippen LogP contribution in [0.3, 0.4) is 0 Å². The van der Waals surface area contributed by atoms with Crippen molar-refractivity contribution in [1.82, 2.24) is 0 Å². The zero-order valence-corrected chi connectivity index (χ0v) is 13.8. The second kappa shape index (κ2) is 5.41. The molecule has 0 radical (unpaired) electrons. The van der Waals surface area contributed by atoms with Gasteiger partial charge in [0.25, 0.3) is 0 Å². The number of phenols is 1. The van der Waals surface area contributed by atoms with Gasteiger partial charge in [-0.1, -0.05) is 11.6 Å². The van der Waals surface area contributed by atoms with Gasteiger partial charge in [0, 0.05) is 17.0 Å². The first-order chi connectivity index (χ1) is 11.2. The number of hydrogen-bond acceptors (Lipinski definition) is 7. The van der Waals surface area contributed by atoms with E-state index in [0.717, 1.165) is 0 Å². The number of phenolic OH excluding ortho intramolecular Hbond substituents is 1. The van der Waals surface area contributed by atoms with Crippen molar-refractivity contribution < 1.29 is 29.2 Å². The Labute approximate surface area is 141 Å². The van der Waals surface area contributed by atoms with E-state index < -0.39 is 17.3 Å². The molecule has 3 N–H and O–H groups in total. The van der Waals surface area contributed by atoms with Crippen molar-refractivity contribution in [2.45, 2.75) is 18.6 Å². The lowest BCUT2D eigenvalue weighted by atomic mass is 9.83.